The summed E-state index contributed by atoms with van der Waals surface area (Å²) in [5.41, 5.74) is -0.0212. The van der Waals surface area contributed by atoms with Gasteiger partial charge in [0.2, 0.25) is 0 Å². The first-order valence-electron chi connectivity index (χ1n) is 7.20. The largest absolute Gasteiger partial charge is 0.423 e. The van der Waals surface area contributed by atoms with Crippen molar-refractivity contribution in [2.45, 2.75) is 32.2 Å². The zero-order valence-electron chi connectivity index (χ0n) is 12.7. The van der Waals surface area contributed by atoms with Gasteiger partial charge in [0, 0.05) is 17.1 Å². The molecule has 6 nitrogen and oxygen atoms in total. The van der Waals surface area contributed by atoms with Gasteiger partial charge in [-0.25, -0.2) is 9.59 Å². The van der Waals surface area contributed by atoms with Gasteiger partial charge in [-0.2, -0.15) is 0 Å². The Kier molecular flexibility index (Phi) is 4.82. The summed E-state index contributed by atoms with van der Waals surface area (Å²) in [6, 6.07) is 7.58. The fourth-order valence-electron chi connectivity index (χ4n) is 2.32. The van der Waals surface area contributed by atoms with E-state index in [0.717, 1.165) is 11.8 Å². The van der Waals surface area contributed by atoms with Crippen molar-refractivity contribution >= 4 is 22.7 Å². The standard InChI is InChI=1S/C16H20N2O4/c1-3-8-16(2,10-19)18-15(21)17-12-5-6-13-11(9-12)4-7-14(20)22-13/h4-7,9,19H,3,8,10H2,1-2H3,(H2,17,18,21). The Balaban J connectivity index is 2.11. The molecule has 0 bridgehead atoms. The van der Waals surface area contributed by atoms with Crippen molar-refractivity contribution < 1.29 is 14.3 Å². The summed E-state index contributed by atoms with van der Waals surface area (Å²) in [7, 11) is 0. The number of benzene rings is 1. The van der Waals surface area contributed by atoms with Gasteiger partial charge in [-0.1, -0.05) is 13.3 Å². The maximum absolute atomic E-state index is 12.0. The fraction of sp³-hybridized carbons (Fsp3) is 0.375. The third-order valence-electron chi connectivity index (χ3n) is 3.44. The minimum atomic E-state index is -0.650. The molecule has 0 aliphatic heterocycles. The van der Waals surface area contributed by atoms with E-state index < -0.39 is 11.2 Å². The van der Waals surface area contributed by atoms with E-state index >= 15 is 0 Å². The number of carbonyl (C=O) groups is 1. The molecule has 1 aromatic carbocycles. The van der Waals surface area contributed by atoms with Crippen LogP contribution in [0.1, 0.15) is 26.7 Å². The van der Waals surface area contributed by atoms with Crippen molar-refractivity contribution in [3.05, 3.63) is 40.8 Å². The van der Waals surface area contributed by atoms with Crippen molar-refractivity contribution in [1.29, 1.82) is 0 Å². The minimum Gasteiger partial charge on any atom is -0.423 e. The number of hydrogen-bond acceptors (Lipinski definition) is 4. The van der Waals surface area contributed by atoms with Crippen molar-refractivity contribution in [2.75, 3.05) is 11.9 Å². The van der Waals surface area contributed by atoms with E-state index in [1.807, 2.05) is 6.92 Å². The Labute approximate surface area is 128 Å². The summed E-state index contributed by atoms with van der Waals surface area (Å²) in [5.74, 6) is 0. The van der Waals surface area contributed by atoms with Crippen molar-refractivity contribution in [3.8, 4) is 0 Å². The molecule has 0 aliphatic rings. The van der Waals surface area contributed by atoms with Crippen LogP contribution in [0.3, 0.4) is 0 Å². The predicted octanol–water partition coefficient (Wildman–Crippen LogP) is 2.47. The summed E-state index contributed by atoms with van der Waals surface area (Å²) in [4.78, 5) is 23.2. The van der Waals surface area contributed by atoms with Crippen LogP contribution in [0.4, 0.5) is 10.5 Å². The highest BCUT2D eigenvalue weighted by molar-refractivity contribution is 5.92. The molecule has 1 atom stereocenters. The summed E-state index contributed by atoms with van der Waals surface area (Å²) in [6.45, 7) is 3.66. The first-order valence-corrected chi connectivity index (χ1v) is 7.20. The van der Waals surface area contributed by atoms with Crippen LogP contribution >= 0.6 is 0 Å². The highest BCUT2D eigenvalue weighted by Crippen LogP contribution is 2.18. The molecule has 0 fully saturated rings. The maximum atomic E-state index is 12.0. The number of anilines is 1. The monoisotopic (exact) mass is 304 g/mol. The first-order chi connectivity index (χ1) is 10.5. The molecule has 2 aromatic rings. The third-order valence-corrected chi connectivity index (χ3v) is 3.44. The van der Waals surface area contributed by atoms with Gasteiger partial charge >= 0.3 is 11.7 Å². The normalized spacial score (nSPS) is 13.6. The minimum absolute atomic E-state index is 0.128. The molecule has 1 heterocycles. The number of hydrogen-bond donors (Lipinski definition) is 3. The molecule has 22 heavy (non-hydrogen) atoms. The number of aliphatic hydroxyl groups is 1. The van der Waals surface area contributed by atoms with E-state index in [4.69, 9.17) is 4.42 Å². The van der Waals surface area contributed by atoms with Gasteiger partial charge in [-0.05, 0) is 37.6 Å². The third kappa shape index (κ3) is 3.85. The maximum Gasteiger partial charge on any atom is 0.336 e. The summed E-state index contributed by atoms with van der Waals surface area (Å²) >= 11 is 0. The SMILES string of the molecule is CCCC(C)(CO)NC(=O)Nc1ccc2oc(=O)ccc2c1. The Hall–Kier alpha value is -2.34. The molecule has 0 spiro atoms. The highest BCUT2D eigenvalue weighted by Gasteiger charge is 2.24. The lowest BCUT2D eigenvalue weighted by atomic mass is 9.98. The smallest absolute Gasteiger partial charge is 0.336 e. The van der Waals surface area contributed by atoms with E-state index in [9.17, 15) is 14.7 Å². The lowest BCUT2D eigenvalue weighted by molar-refractivity contribution is 0.167. The quantitative estimate of drug-likeness (QED) is 0.740. The molecule has 6 heteroatoms. The second-order valence-electron chi connectivity index (χ2n) is 5.55. The van der Waals surface area contributed by atoms with E-state index in [1.165, 1.54) is 6.07 Å². The molecule has 1 unspecified atom stereocenters. The van der Waals surface area contributed by atoms with Gasteiger partial charge < -0.3 is 20.2 Å². The highest BCUT2D eigenvalue weighted by atomic mass is 16.4. The van der Waals surface area contributed by atoms with Gasteiger partial charge in [0.25, 0.3) is 0 Å². The molecule has 1 aromatic heterocycles. The van der Waals surface area contributed by atoms with Gasteiger partial charge in [0.1, 0.15) is 5.58 Å². The van der Waals surface area contributed by atoms with E-state index in [0.29, 0.717) is 17.7 Å². The number of amides is 2. The van der Waals surface area contributed by atoms with Crippen LogP contribution in [0.2, 0.25) is 0 Å². The van der Waals surface area contributed by atoms with Crippen LogP contribution in [0.25, 0.3) is 11.0 Å². The van der Waals surface area contributed by atoms with Crippen LogP contribution in [0.5, 0.6) is 0 Å². The predicted molar refractivity (Wildman–Crippen MR) is 85.0 cm³/mol. The second kappa shape index (κ2) is 6.62. The first kappa shape index (κ1) is 16.0. The van der Waals surface area contributed by atoms with Crippen molar-refractivity contribution in [3.63, 3.8) is 0 Å². The van der Waals surface area contributed by atoms with Crippen LogP contribution in [0.15, 0.2) is 39.5 Å². The van der Waals surface area contributed by atoms with Crippen LogP contribution in [-0.2, 0) is 0 Å². The molecule has 0 saturated heterocycles. The lowest BCUT2D eigenvalue weighted by Gasteiger charge is -2.28. The van der Waals surface area contributed by atoms with Gasteiger partial charge in [-0.3, -0.25) is 0 Å². The number of nitrogens with one attached hydrogen (secondary N) is 2. The number of rotatable bonds is 5. The Morgan fingerprint density at radius 1 is 1.32 bits per heavy atom. The molecule has 0 radical (unpaired) electrons. The van der Waals surface area contributed by atoms with Crippen LogP contribution in [-0.4, -0.2) is 23.3 Å². The topological polar surface area (TPSA) is 91.6 Å². The Morgan fingerprint density at radius 3 is 2.77 bits per heavy atom. The summed E-state index contributed by atoms with van der Waals surface area (Å²) in [6.07, 6.45) is 1.53. The summed E-state index contributed by atoms with van der Waals surface area (Å²) in [5, 5.41) is 15.6. The molecule has 0 aliphatic carbocycles. The molecule has 2 rings (SSSR count). The average Bonchev–Trinajstić information content (AvgIpc) is 2.47. The van der Waals surface area contributed by atoms with Gasteiger partial charge in [0.05, 0.1) is 12.1 Å². The lowest BCUT2D eigenvalue weighted by Crippen LogP contribution is -2.50. The number of aliphatic hydroxyl groups excluding tert-OH is 1. The molecule has 3 N–H and O–H groups in total. The van der Waals surface area contributed by atoms with E-state index in [2.05, 4.69) is 10.6 Å². The number of urea groups is 1. The molecular formula is C16H20N2O4. The summed E-state index contributed by atoms with van der Waals surface area (Å²) < 4.78 is 5.03. The Bertz CT molecular complexity index is 725. The van der Waals surface area contributed by atoms with E-state index in [-0.39, 0.29) is 12.6 Å². The van der Waals surface area contributed by atoms with Crippen molar-refractivity contribution in [2.24, 2.45) is 0 Å². The Morgan fingerprint density at radius 2 is 2.09 bits per heavy atom. The molecule has 118 valence electrons. The molecular weight excluding hydrogens is 284 g/mol. The second-order valence-corrected chi connectivity index (χ2v) is 5.55. The van der Waals surface area contributed by atoms with Gasteiger partial charge in [0.15, 0.2) is 0 Å². The van der Waals surface area contributed by atoms with Crippen LogP contribution in [0, 0.1) is 0 Å². The zero-order valence-corrected chi connectivity index (χ0v) is 12.7. The number of fused-ring (bicyclic) bond motifs is 1. The van der Waals surface area contributed by atoms with Gasteiger partial charge in [-0.15, -0.1) is 0 Å². The fourth-order valence-corrected chi connectivity index (χ4v) is 2.32. The zero-order chi connectivity index (χ0) is 16.2. The average molecular weight is 304 g/mol. The van der Waals surface area contributed by atoms with E-state index in [1.54, 1.807) is 31.2 Å². The van der Waals surface area contributed by atoms with Crippen LogP contribution < -0.4 is 16.3 Å². The van der Waals surface area contributed by atoms with Crippen molar-refractivity contribution in [1.82, 2.24) is 5.32 Å². The molecule has 0 saturated carbocycles. The number of carbonyl (C=O) groups excluding carboxylic acids is 1. The molecule has 2 amide bonds.